The Labute approximate surface area is 137 Å². The van der Waals surface area contributed by atoms with Gasteiger partial charge in [0.05, 0.1) is 13.0 Å². The summed E-state index contributed by atoms with van der Waals surface area (Å²) >= 11 is 3.36. The topological polar surface area (TPSA) is 29.5 Å². The van der Waals surface area contributed by atoms with Gasteiger partial charge in [-0.1, -0.05) is 28.1 Å². The molecule has 1 amide bonds. The third kappa shape index (κ3) is 5.15. The van der Waals surface area contributed by atoms with E-state index < -0.39 is 0 Å². The predicted molar refractivity (Wildman–Crippen MR) is 87.4 cm³/mol. The lowest BCUT2D eigenvalue weighted by Gasteiger charge is -2.17. The first kappa shape index (κ1) is 16.5. The van der Waals surface area contributed by atoms with Crippen molar-refractivity contribution in [1.29, 1.82) is 0 Å². The first-order valence-corrected chi connectivity index (χ1v) is 7.70. The molecule has 5 heteroatoms. The molecule has 0 saturated carbocycles. The van der Waals surface area contributed by atoms with Gasteiger partial charge < -0.3 is 9.64 Å². The fourth-order valence-corrected chi connectivity index (χ4v) is 2.18. The van der Waals surface area contributed by atoms with Crippen molar-refractivity contribution in [2.75, 3.05) is 20.2 Å². The summed E-state index contributed by atoms with van der Waals surface area (Å²) in [4.78, 5) is 13.6. The number of likely N-dealkylation sites (N-methyl/N-ethyl adjacent to an activating group) is 1. The van der Waals surface area contributed by atoms with Crippen LogP contribution in [-0.2, 0) is 11.2 Å². The fraction of sp³-hybridized carbons (Fsp3) is 0.235. The zero-order valence-electron chi connectivity index (χ0n) is 12.3. The Morgan fingerprint density at radius 1 is 1.23 bits per heavy atom. The Morgan fingerprint density at radius 2 is 1.95 bits per heavy atom. The van der Waals surface area contributed by atoms with Crippen molar-refractivity contribution < 1.29 is 13.9 Å². The lowest BCUT2D eigenvalue weighted by atomic mass is 10.1. The molecule has 3 nitrogen and oxygen atoms in total. The highest BCUT2D eigenvalue weighted by atomic mass is 79.9. The highest BCUT2D eigenvalue weighted by Crippen LogP contribution is 2.16. The summed E-state index contributed by atoms with van der Waals surface area (Å²) in [6.07, 6.45) is 0.187. The Balaban J connectivity index is 1.77. The monoisotopic (exact) mass is 365 g/mol. The van der Waals surface area contributed by atoms with E-state index in [0.717, 1.165) is 10.2 Å². The van der Waals surface area contributed by atoms with E-state index in [2.05, 4.69) is 15.9 Å². The summed E-state index contributed by atoms with van der Waals surface area (Å²) in [6, 6.07) is 13.6. The number of halogens is 2. The Kier molecular flexibility index (Phi) is 5.95. The van der Waals surface area contributed by atoms with Crippen molar-refractivity contribution in [3.05, 3.63) is 64.4 Å². The highest BCUT2D eigenvalue weighted by molar-refractivity contribution is 9.10. The van der Waals surface area contributed by atoms with Crippen LogP contribution in [-0.4, -0.2) is 31.0 Å². The van der Waals surface area contributed by atoms with Crippen LogP contribution in [0.1, 0.15) is 5.56 Å². The van der Waals surface area contributed by atoms with Gasteiger partial charge in [0.25, 0.3) is 0 Å². The second kappa shape index (κ2) is 7.94. The number of carbonyl (C=O) groups excluding carboxylic acids is 1. The molecule has 0 fully saturated rings. The first-order chi connectivity index (χ1) is 10.5. The van der Waals surface area contributed by atoms with Crippen LogP contribution in [0.3, 0.4) is 0 Å². The normalized spacial score (nSPS) is 10.3. The molecule has 0 N–H and O–H groups in total. The molecule has 2 aromatic rings. The number of hydrogen-bond donors (Lipinski definition) is 0. The quantitative estimate of drug-likeness (QED) is 0.781. The van der Waals surface area contributed by atoms with E-state index in [0.29, 0.717) is 18.7 Å². The van der Waals surface area contributed by atoms with Gasteiger partial charge >= 0.3 is 0 Å². The number of benzene rings is 2. The van der Waals surface area contributed by atoms with Crippen molar-refractivity contribution in [3.8, 4) is 5.75 Å². The number of hydrogen-bond acceptors (Lipinski definition) is 2. The van der Waals surface area contributed by atoms with Crippen LogP contribution in [0, 0.1) is 5.82 Å². The van der Waals surface area contributed by atoms with Gasteiger partial charge in [-0.05, 0) is 42.0 Å². The molecule has 0 aliphatic carbocycles. The molecule has 0 spiro atoms. The Bertz CT molecular complexity index is 631. The fourth-order valence-electron chi connectivity index (χ4n) is 1.91. The smallest absolute Gasteiger partial charge is 0.226 e. The van der Waals surface area contributed by atoms with E-state index in [4.69, 9.17) is 4.74 Å². The van der Waals surface area contributed by atoms with Crippen LogP contribution in [0.5, 0.6) is 5.75 Å². The average Bonchev–Trinajstić information content (AvgIpc) is 2.49. The molecule has 116 valence electrons. The van der Waals surface area contributed by atoms with Crippen LogP contribution in [0.15, 0.2) is 53.0 Å². The molecule has 0 aliphatic rings. The minimum Gasteiger partial charge on any atom is -0.492 e. The zero-order valence-corrected chi connectivity index (χ0v) is 13.8. The standard InChI is InChI=1S/C17H17BrFNO2/c1-20(9-10-22-16-7-5-14(18)6-8-16)17(21)12-13-3-2-4-15(19)11-13/h2-8,11H,9-10,12H2,1H3. The van der Waals surface area contributed by atoms with E-state index in [-0.39, 0.29) is 18.1 Å². The minimum atomic E-state index is -0.327. The van der Waals surface area contributed by atoms with Crippen molar-refractivity contribution in [1.82, 2.24) is 4.90 Å². The van der Waals surface area contributed by atoms with E-state index in [1.165, 1.54) is 12.1 Å². The molecule has 22 heavy (non-hydrogen) atoms. The molecule has 2 aromatic carbocycles. The lowest BCUT2D eigenvalue weighted by molar-refractivity contribution is -0.129. The molecule has 0 unspecified atom stereocenters. The molecule has 0 aliphatic heterocycles. The number of nitrogens with zero attached hydrogens (tertiary/aromatic N) is 1. The maximum absolute atomic E-state index is 13.1. The molecule has 0 saturated heterocycles. The first-order valence-electron chi connectivity index (χ1n) is 6.91. The van der Waals surface area contributed by atoms with Crippen LogP contribution in [0.2, 0.25) is 0 Å². The maximum Gasteiger partial charge on any atom is 0.226 e. The molecular formula is C17H17BrFNO2. The zero-order chi connectivity index (χ0) is 15.9. The van der Waals surface area contributed by atoms with Crippen molar-refractivity contribution in [2.24, 2.45) is 0 Å². The van der Waals surface area contributed by atoms with Gasteiger partial charge in [-0.3, -0.25) is 4.79 Å². The van der Waals surface area contributed by atoms with Gasteiger partial charge in [0.15, 0.2) is 0 Å². The summed E-state index contributed by atoms with van der Waals surface area (Å²) < 4.78 is 19.7. The molecular weight excluding hydrogens is 349 g/mol. The molecule has 2 rings (SSSR count). The third-order valence-corrected chi connectivity index (χ3v) is 3.71. The van der Waals surface area contributed by atoms with Gasteiger partial charge in [-0.2, -0.15) is 0 Å². The lowest BCUT2D eigenvalue weighted by Crippen LogP contribution is -2.32. The number of carbonyl (C=O) groups is 1. The number of rotatable bonds is 6. The van der Waals surface area contributed by atoms with Gasteiger partial charge in [0, 0.05) is 11.5 Å². The summed E-state index contributed by atoms with van der Waals surface area (Å²) in [5, 5.41) is 0. The molecule has 0 radical (unpaired) electrons. The third-order valence-electron chi connectivity index (χ3n) is 3.18. The van der Waals surface area contributed by atoms with E-state index >= 15 is 0 Å². The molecule has 0 atom stereocenters. The van der Waals surface area contributed by atoms with Crippen molar-refractivity contribution in [2.45, 2.75) is 6.42 Å². The highest BCUT2D eigenvalue weighted by Gasteiger charge is 2.10. The van der Waals surface area contributed by atoms with Crippen LogP contribution in [0.25, 0.3) is 0 Å². The van der Waals surface area contributed by atoms with Crippen LogP contribution in [0.4, 0.5) is 4.39 Å². The second-order valence-electron chi connectivity index (χ2n) is 4.92. The second-order valence-corrected chi connectivity index (χ2v) is 5.84. The summed E-state index contributed by atoms with van der Waals surface area (Å²) in [6.45, 7) is 0.886. The van der Waals surface area contributed by atoms with Gasteiger partial charge in [0.1, 0.15) is 18.2 Å². The maximum atomic E-state index is 13.1. The minimum absolute atomic E-state index is 0.0648. The molecule has 0 bridgehead atoms. The van der Waals surface area contributed by atoms with E-state index in [9.17, 15) is 9.18 Å². The van der Waals surface area contributed by atoms with Gasteiger partial charge in [-0.15, -0.1) is 0 Å². The van der Waals surface area contributed by atoms with E-state index in [1.54, 1.807) is 24.1 Å². The molecule has 0 aromatic heterocycles. The Morgan fingerprint density at radius 3 is 2.64 bits per heavy atom. The predicted octanol–water partition coefficient (Wildman–Crippen LogP) is 3.67. The Hall–Kier alpha value is -1.88. The summed E-state index contributed by atoms with van der Waals surface area (Å²) in [7, 11) is 1.71. The van der Waals surface area contributed by atoms with Crippen LogP contribution >= 0.6 is 15.9 Å². The van der Waals surface area contributed by atoms with Gasteiger partial charge in [0.2, 0.25) is 5.91 Å². The van der Waals surface area contributed by atoms with E-state index in [1.807, 2.05) is 24.3 Å². The largest absolute Gasteiger partial charge is 0.492 e. The van der Waals surface area contributed by atoms with Gasteiger partial charge in [-0.25, -0.2) is 4.39 Å². The number of amides is 1. The SMILES string of the molecule is CN(CCOc1ccc(Br)cc1)C(=O)Cc1cccc(F)c1. The average molecular weight is 366 g/mol. The summed E-state index contributed by atoms with van der Waals surface area (Å²) in [5.41, 5.74) is 0.672. The molecule has 0 heterocycles. The summed E-state index contributed by atoms with van der Waals surface area (Å²) in [5.74, 6) is 0.366. The number of ether oxygens (including phenoxy) is 1. The van der Waals surface area contributed by atoms with Crippen molar-refractivity contribution >= 4 is 21.8 Å². The van der Waals surface area contributed by atoms with Crippen LogP contribution < -0.4 is 4.74 Å². The van der Waals surface area contributed by atoms with Crippen molar-refractivity contribution in [3.63, 3.8) is 0 Å².